The van der Waals surface area contributed by atoms with Crippen molar-refractivity contribution in [2.75, 3.05) is 6.61 Å². The SMILES string of the molecule is C=CCOC(=O)N1Cc2ccccc2C1C(=O)O. The lowest BCUT2D eigenvalue weighted by Crippen LogP contribution is -2.34. The van der Waals surface area contributed by atoms with Crippen LogP contribution in [0.5, 0.6) is 0 Å². The number of amides is 1. The molecule has 1 aliphatic rings. The van der Waals surface area contributed by atoms with E-state index in [0.29, 0.717) is 5.56 Å². The summed E-state index contributed by atoms with van der Waals surface area (Å²) in [4.78, 5) is 24.3. The molecule has 5 nitrogen and oxygen atoms in total. The molecule has 1 amide bonds. The molecule has 1 unspecified atom stereocenters. The van der Waals surface area contributed by atoms with E-state index in [1.54, 1.807) is 12.1 Å². The number of carbonyl (C=O) groups is 2. The summed E-state index contributed by atoms with van der Waals surface area (Å²) in [6.45, 7) is 3.76. The van der Waals surface area contributed by atoms with Gasteiger partial charge in [-0.2, -0.15) is 0 Å². The molecule has 1 aromatic rings. The van der Waals surface area contributed by atoms with Crippen molar-refractivity contribution in [3.63, 3.8) is 0 Å². The van der Waals surface area contributed by atoms with Crippen molar-refractivity contribution in [1.29, 1.82) is 0 Å². The molecule has 1 aliphatic heterocycles. The van der Waals surface area contributed by atoms with Crippen molar-refractivity contribution in [3.8, 4) is 0 Å². The van der Waals surface area contributed by atoms with Crippen molar-refractivity contribution in [3.05, 3.63) is 48.0 Å². The summed E-state index contributed by atoms with van der Waals surface area (Å²) in [5.41, 5.74) is 1.47. The fraction of sp³-hybridized carbons (Fsp3) is 0.231. The van der Waals surface area contributed by atoms with Crippen LogP contribution in [0.2, 0.25) is 0 Å². The summed E-state index contributed by atoms with van der Waals surface area (Å²) in [7, 11) is 0. The summed E-state index contributed by atoms with van der Waals surface area (Å²) in [5, 5.41) is 9.24. The highest BCUT2D eigenvalue weighted by atomic mass is 16.6. The van der Waals surface area contributed by atoms with Crippen LogP contribution in [0.1, 0.15) is 17.2 Å². The molecular weight excluding hydrogens is 234 g/mol. The smallest absolute Gasteiger partial charge is 0.411 e. The maximum Gasteiger partial charge on any atom is 0.411 e. The molecule has 0 spiro atoms. The Morgan fingerprint density at radius 1 is 1.50 bits per heavy atom. The number of carboxylic acids is 1. The van der Waals surface area contributed by atoms with Gasteiger partial charge in [-0.05, 0) is 11.1 Å². The lowest BCUT2D eigenvalue weighted by molar-refractivity contribution is -0.142. The van der Waals surface area contributed by atoms with Crippen molar-refractivity contribution < 1.29 is 19.4 Å². The minimum absolute atomic E-state index is 0.0675. The molecule has 0 saturated heterocycles. The van der Waals surface area contributed by atoms with E-state index in [9.17, 15) is 14.7 Å². The van der Waals surface area contributed by atoms with Crippen LogP contribution in [0.3, 0.4) is 0 Å². The van der Waals surface area contributed by atoms with Crippen LogP contribution in [0, 0.1) is 0 Å². The number of hydrogen-bond donors (Lipinski definition) is 1. The first-order valence-corrected chi connectivity index (χ1v) is 5.50. The first-order valence-electron chi connectivity index (χ1n) is 5.50. The number of ether oxygens (including phenoxy) is 1. The van der Waals surface area contributed by atoms with Crippen LogP contribution in [0.25, 0.3) is 0 Å². The first kappa shape index (κ1) is 12.2. The third-order valence-corrected chi connectivity index (χ3v) is 2.80. The van der Waals surface area contributed by atoms with Gasteiger partial charge in [-0.3, -0.25) is 4.90 Å². The Balaban J connectivity index is 2.26. The van der Waals surface area contributed by atoms with Crippen LogP contribution in [0.15, 0.2) is 36.9 Å². The lowest BCUT2D eigenvalue weighted by atomic mass is 10.1. The molecule has 1 N–H and O–H groups in total. The monoisotopic (exact) mass is 247 g/mol. The van der Waals surface area contributed by atoms with Gasteiger partial charge in [0.25, 0.3) is 0 Å². The lowest BCUT2D eigenvalue weighted by Gasteiger charge is -2.20. The second-order valence-corrected chi connectivity index (χ2v) is 3.93. The van der Waals surface area contributed by atoms with Crippen LogP contribution in [-0.4, -0.2) is 28.7 Å². The summed E-state index contributed by atoms with van der Waals surface area (Å²) < 4.78 is 4.89. The highest BCUT2D eigenvalue weighted by Gasteiger charge is 2.39. The number of benzene rings is 1. The maximum atomic E-state index is 11.8. The molecule has 0 bridgehead atoms. The van der Waals surface area contributed by atoms with Gasteiger partial charge in [-0.1, -0.05) is 36.9 Å². The van der Waals surface area contributed by atoms with E-state index in [2.05, 4.69) is 6.58 Å². The van der Waals surface area contributed by atoms with Gasteiger partial charge in [0, 0.05) is 0 Å². The average molecular weight is 247 g/mol. The van der Waals surface area contributed by atoms with Gasteiger partial charge < -0.3 is 9.84 Å². The van der Waals surface area contributed by atoms with Gasteiger partial charge in [0.1, 0.15) is 6.61 Å². The molecule has 18 heavy (non-hydrogen) atoms. The fourth-order valence-electron chi connectivity index (χ4n) is 2.04. The van der Waals surface area contributed by atoms with Gasteiger partial charge in [0.2, 0.25) is 0 Å². The minimum Gasteiger partial charge on any atom is -0.479 e. The quantitative estimate of drug-likeness (QED) is 0.829. The number of fused-ring (bicyclic) bond motifs is 1. The predicted octanol–water partition coefficient (Wildman–Crippen LogP) is 1.95. The number of hydrogen-bond acceptors (Lipinski definition) is 3. The Morgan fingerprint density at radius 3 is 2.89 bits per heavy atom. The zero-order chi connectivity index (χ0) is 13.1. The van der Waals surface area contributed by atoms with E-state index in [4.69, 9.17) is 4.74 Å². The van der Waals surface area contributed by atoms with Crippen LogP contribution >= 0.6 is 0 Å². The number of carboxylic acid groups (broad SMARTS) is 1. The van der Waals surface area contributed by atoms with E-state index in [1.807, 2.05) is 12.1 Å². The van der Waals surface area contributed by atoms with Gasteiger partial charge in [-0.25, -0.2) is 9.59 Å². The zero-order valence-electron chi connectivity index (χ0n) is 9.70. The van der Waals surface area contributed by atoms with Gasteiger partial charge in [0.05, 0.1) is 6.54 Å². The van der Waals surface area contributed by atoms with Crippen molar-refractivity contribution >= 4 is 12.1 Å². The molecule has 0 radical (unpaired) electrons. The molecular formula is C13H13NO4. The summed E-state index contributed by atoms with van der Waals surface area (Å²) in [5.74, 6) is -1.06. The second kappa shape index (κ2) is 4.91. The topological polar surface area (TPSA) is 66.8 Å². The Labute approximate surface area is 104 Å². The molecule has 1 aromatic carbocycles. The van der Waals surface area contributed by atoms with Gasteiger partial charge >= 0.3 is 12.1 Å². The van der Waals surface area contributed by atoms with Crippen molar-refractivity contribution in [2.24, 2.45) is 0 Å². The second-order valence-electron chi connectivity index (χ2n) is 3.93. The normalized spacial score (nSPS) is 17.1. The molecule has 2 rings (SSSR count). The number of nitrogens with zero attached hydrogens (tertiary/aromatic N) is 1. The molecule has 0 fully saturated rings. The molecule has 94 valence electrons. The minimum atomic E-state index is -1.06. The molecule has 0 saturated carbocycles. The highest BCUT2D eigenvalue weighted by molar-refractivity contribution is 5.83. The Morgan fingerprint density at radius 2 is 2.22 bits per heavy atom. The van der Waals surface area contributed by atoms with Crippen molar-refractivity contribution in [2.45, 2.75) is 12.6 Å². The van der Waals surface area contributed by atoms with Crippen LogP contribution < -0.4 is 0 Å². The summed E-state index contributed by atoms with van der Waals surface area (Å²) in [6.07, 6.45) is 0.801. The third-order valence-electron chi connectivity index (χ3n) is 2.80. The zero-order valence-corrected chi connectivity index (χ0v) is 9.70. The van der Waals surface area contributed by atoms with E-state index in [-0.39, 0.29) is 13.2 Å². The van der Waals surface area contributed by atoms with Crippen molar-refractivity contribution in [1.82, 2.24) is 4.90 Å². The average Bonchev–Trinajstić information content (AvgIpc) is 2.75. The predicted molar refractivity (Wildman–Crippen MR) is 63.9 cm³/mol. The summed E-state index contributed by atoms with van der Waals surface area (Å²) >= 11 is 0. The van der Waals surface area contributed by atoms with E-state index in [1.165, 1.54) is 11.0 Å². The fourth-order valence-corrected chi connectivity index (χ4v) is 2.04. The van der Waals surface area contributed by atoms with Crippen LogP contribution in [0.4, 0.5) is 4.79 Å². The molecule has 1 atom stereocenters. The first-order chi connectivity index (χ1) is 8.65. The number of carbonyl (C=O) groups excluding carboxylic acids is 1. The Hall–Kier alpha value is -2.30. The largest absolute Gasteiger partial charge is 0.479 e. The standard InChI is InChI=1S/C13H13NO4/c1-2-7-18-13(17)14-8-9-5-3-4-6-10(9)11(14)12(15)16/h2-6,11H,1,7-8H2,(H,15,16). The van der Waals surface area contributed by atoms with E-state index >= 15 is 0 Å². The molecule has 0 aromatic heterocycles. The van der Waals surface area contributed by atoms with E-state index < -0.39 is 18.1 Å². The van der Waals surface area contributed by atoms with Gasteiger partial charge in [0.15, 0.2) is 6.04 Å². The van der Waals surface area contributed by atoms with Gasteiger partial charge in [-0.15, -0.1) is 0 Å². The highest BCUT2D eigenvalue weighted by Crippen LogP contribution is 2.34. The van der Waals surface area contributed by atoms with E-state index in [0.717, 1.165) is 5.56 Å². The third kappa shape index (κ3) is 2.07. The number of rotatable bonds is 3. The Kier molecular flexibility index (Phi) is 3.32. The molecule has 1 heterocycles. The number of aliphatic carboxylic acids is 1. The molecule has 0 aliphatic carbocycles. The summed E-state index contributed by atoms with van der Waals surface area (Å²) in [6, 6.07) is 6.13. The van der Waals surface area contributed by atoms with Crippen LogP contribution in [-0.2, 0) is 16.1 Å². The molecule has 5 heteroatoms. The maximum absolute atomic E-state index is 11.8. The Bertz CT molecular complexity index is 498.